The van der Waals surface area contributed by atoms with Gasteiger partial charge in [0.25, 0.3) is 0 Å². The molecule has 1 aliphatic heterocycles. The van der Waals surface area contributed by atoms with E-state index in [2.05, 4.69) is 15.0 Å². The average molecular weight is 432 g/mol. The molecule has 0 unspecified atom stereocenters. The van der Waals surface area contributed by atoms with Gasteiger partial charge in [0.1, 0.15) is 12.4 Å². The molecule has 8 nitrogen and oxygen atoms in total. The Kier molecular flexibility index (Phi) is 7.59. The number of aromatic nitrogens is 3. The van der Waals surface area contributed by atoms with Gasteiger partial charge in [-0.25, -0.2) is 14.8 Å². The van der Waals surface area contributed by atoms with Crippen LogP contribution in [0, 0.1) is 13.8 Å². The Hall–Kier alpha value is -2.97. The first-order valence-corrected chi connectivity index (χ1v) is 10.5. The Labute approximate surface area is 181 Å². The van der Waals surface area contributed by atoms with Gasteiger partial charge in [0.2, 0.25) is 11.8 Å². The molecule has 1 saturated heterocycles. The molecule has 0 bridgehead atoms. The minimum Gasteiger partial charge on any atom is -0.474 e. The molecule has 168 valence electrons. The minimum atomic E-state index is -0.448. The summed E-state index contributed by atoms with van der Waals surface area (Å²) in [6, 6.07) is 3.51. The highest BCUT2D eigenvalue weighted by molar-refractivity contribution is 5.67. The number of aryl methyl sites for hydroxylation is 2. The summed E-state index contributed by atoms with van der Waals surface area (Å²) in [7, 11) is 0. The van der Waals surface area contributed by atoms with Gasteiger partial charge in [-0.2, -0.15) is 0 Å². The summed E-state index contributed by atoms with van der Waals surface area (Å²) in [5.41, 5.74) is 2.02. The van der Waals surface area contributed by atoms with E-state index in [4.69, 9.17) is 14.2 Å². The van der Waals surface area contributed by atoms with E-state index < -0.39 is 6.67 Å². The van der Waals surface area contributed by atoms with Crippen LogP contribution in [-0.2, 0) is 11.2 Å². The predicted molar refractivity (Wildman–Crippen MR) is 112 cm³/mol. The van der Waals surface area contributed by atoms with E-state index in [9.17, 15) is 9.18 Å². The number of carbonyl (C=O) groups is 1. The lowest BCUT2D eigenvalue weighted by Gasteiger charge is -2.31. The second-order valence-electron chi connectivity index (χ2n) is 7.77. The van der Waals surface area contributed by atoms with E-state index in [1.165, 1.54) is 6.33 Å². The van der Waals surface area contributed by atoms with E-state index in [0.717, 1.165) is 0 Å². The van der Waals surface area contributed by atoms with Crippen molar-refractivity contribution < 1.29 is 23.4 Å². The number of likely N-dealkylation sites (tertiary alicyclic amines) is 1. The third kappa shape index (κ3) is 6.02. The van der Waals surface area contributed by atoms with Crippen LogP contribution in [0.4, 0.5) is 9.18 Å². The van der Waals surface area contributed by atoms with Crippen molar-refractivity contribution in [3.05, 3.63) is 35.4 Å². The number of hydrogen-bond donors (Lipinski definition) is 0. The predicted octanol–water partition coefficient (Wildman–Crippen LogP) is 4.18. The number of nitrogens with zero attached hydrogens (tertiary/aromatic N) is 4. The summed E-state index contributed by atoms with van der Waals surface area (Å²) < 4.78 is 29.8. The third-order valence-corrected chi connectivity index (χ3v) is 4.96. The highest BCUT2D eigenvalue weighted by atomic mass is 19.1. The minimum absolute atomic E-state index is 0.0621. The van der Waals surface area contributed by atoms with Crippen LogP contribution in [0.2, 0.25) is 0 Å². The Morgan fingerprint density at radius 3 is 2.55 bits per heavy atom. The standard InChI is InChI=1S/C22H29FN4O4/c1-14(2)29-22(28)27-11-8-18(9-12-27)30-20-15(3)21(25-13-24-20)31-19-6-5-17(7-10-23)26-16(19)4/h5-6,13-14,18H,7-12H2,1-4H3. The van der Waals surface area contributed by atoms with Crippen LogP contribution < -0.4 is 9.47 Å². The molecule has 0 saturated carbocycles. The van der Waals surface area contributed by atoms with Gasteiger partial charge in [0.15, 0.2) is 5.75 Å². The van der Waals surface area contributed by atoms with Gasteiger partial charge >= 0.3 is 6.09 Å². The van der Waals surface area contributed by atoms with Crippen molar-refractivity contribution in [2.45, 2.75) is 59.2 Å². The van der Waals surface area contributed by atoms with Crippen molar-refractivity contribution in [2.75, 3.05) is 19.8 Å². The Balaban J connectivity index is 1.62. The number of amides is 1. The zero-order valence-corrected chi connectivity index (χ0v) is 18.4. The number of alkyl halides is 1. The van der Waals surface area contributed by atoms with Crippen LogP contribution in [0.1, 0.15) is 43.6 Å². The van der Waals surface area contributed by atoms with Crippen molar-refractivity contribution in [3.8, 4) is 17.5 Å². The van der Waals surface area contributed by atoms with Crippen molar-refractivity contribution in [1.82, 2.24) is 19.9 Å². The van der Waals surface area contributed by atoms with E-state index in [1.807, 2.05) is 27.7 Å². The van der Waals surface area contributed by atoms with Crippen LogP contribution in [0.15, 0.2) is 18.5 Å². The van der Waals surface area contributed by atoms with Crippen LogP contribution in [0.3, 0.4) is 0 Å². The summed E-state index contributed by atoms with van der Waals surface area (Å²) in [5, 5.41) is 0. The fourth-order valence-electron chi connectivity index (χ4n) is 3.28. The smallest absolute Gasteiger partial charge is 0.410 e. The third-order valence-electron chi connectivity index (χ3n) is 4.96. The molecule has 2 aromatic rings. The van der Waals surface area contributed by atoms with Gasteiger partial charge in [-0.05, 0) is 39.8 Å². The lowest BCUT2D eigenvalue weighted by Crippen LogP contribution is -2.42. The molecule has 3 rings (SSSR count). The number of piperidine rings is 1. The molecule has 3 heterocycles. The molecule has 0 radical (unpaired) electrons. The molecule has 9 heteroatoms. The van der Waals surface area contributed by atoms with Gasteiger partial charge in [0, 0.05) is 38.0 Å². The summed E-state index contributed by atoms with van der Waals surface area (Å²) >= 11 is 0. The van der Waals surface area contributed by atoms with Crippen LogP contribution in [-0.4, -0.2) is 57.9 Å². The second-order valence-corrected chi connectivity index (χ2v) is 7.77. The number of halogens is 1. The maximum atomic E-state index is 12.5. The molecule has 0 N–H and O–H groups in total. The summed E-state index contributed by atoms with van der Waals surface area (Å²) in [6.07, 6.45) is 2.56. The SMILES string of the molecule is Cc1nc(CCF)ccc1Oc1ncnc(OC2CCN(C(=O)OC(C)C)CC2)c1C. The zero-order valence-electron chi connectivity index (χ0n) is 18.4. The summed E-state index contributed by atoms with van der Waals surface area (Å²) in [5.74, 6) is 1.38. The number of rotatable bonds is 7. The van der Waals surface area contributed by atoms with E-state index in [0.29, 0.717) is 60.4 Å². The quantitative estimate of drug-likeness (QED) is 0.649. The van der Waals surface area contributed by atoms with Gasteiger partial charge in [-0.15, -0.1) is 0 Å². The number of carbonyl (C=O) groups excluding carboxylic acids is 1. The van der Waals surface area contributed by atoms with Crippen LogP contribution in [0.5, 0.6) is 17.5 Å². The summed E-state index contributed by atoms with van der Waals surface area (Å²) in [4.78, 5) is 26.6. The van der Waals surface area contributed by atoms with Crippen molar-refractivity contribution in [2.24, 2.45) is 0 Å². The fraction of sp³-hybridized carbons (Fsp3) is 0.545. The molecule has 0 aliphatic carbocycles. The van der Waals surface area contributed by atoms with Crippen molar-refractivity contribution in [1.29, 1.82) is 0 Å². The Bertz CT molecular complexity index is 901. The molecule has 0 atom stereocenters. The monoisotopic (exact) mass is 432 g/mol. The number of hydrogen-bond acceptors (Lipinski definition) is 7. The normalized spacial score (nSPS) is 14.6. The van der Waals surface area contributed by atoms with Crippen molar-refractivity contribution in [3.63, 3.8) is 0 Å². The van der Waals surface area contributed by atoms with Gasteiger partial charge in [0.05, 0.1) is 24.0 Å². The van der Waals surface area contributed by atoms with Gasteiger partial charge < -0.3 is 19.1 Å². The highest BCUT2D eigenvalue weighted by Gasteiger charge is 2.26. The first-order valence-electron chi connectivity index (χ1n) is 10.5. The first kappa shape index (κ1) is 22.7. The molecular formula is C22H29FN4O4. The van der Waals surface area contributed by atoms with Gasteiger partial charge in [-0.3, -0.25) is 9.37 Å². The van der Waals surface area contributed by atoms with Crippen LogP contribution in [0.25, 0.3) is 0 Å². The molecule has 31 heavy (non-hydrogen) atoms. The molecule has 2 aromatic heterocycles. The molecule has 0 spiro atoms. The second kappa shape index (κ2) is 10.4. The Morgan fingerprint density at radius 2 is 1.90 bits per heavy atom. The zero-order chi connectivity index (χ0) is 22.4. The van der Waals surface area contributed by atoms with Crippen molar-refractivity contribution >= 4 is 6.09 Å². The summed E-state index contributed by atoms with van der Waals surface area (Å²) in [6.45, 7) is 8.00. The van der Waals surface area contributed by atoms with E-state index >= 15 is 0 Å². The van der Waals surface area contributed by atoms with E-state index in [1.54, 1.807) is 17.0 Å². The topological polar surface area (TPSA) is 86.7 Å². The molecule has 1 aliphatic rings. The highest BCUT2D eigenvalue weighted by Crippen LogP contribution is 2.30. The first-order chi connectivity index (χ1) is 14.9. The van der Waals surface area contributed by atoms with Gasteiger partial charge in [-0.1, -0.05) is 0 Å². The maximum absolute atomic E-state index is 12.5. The molecule has 1 fully saturated rings. The largest absolute Gasteiger partial charge is 0.474 e. The molecular weight excluding hydrogens is 403 g/mol. The van der Waals surface area contributed by atoms with E-state index in [-0.39, 0.29) is 24.7 Å². The fourth-order valence-corrected chi connectivity index (χ4v) is 3.28. The molecule has 1 amide bonds. The number of ether oxygens (including phenoxy) is 3. The number of pyridine rings is 1. The Morgan fingerprint density at radius 1 is 1.19 bits per heavy atom. The molecule has 0 aromatic carbocycles. The van der Waals surface area contributed by atoms with Crippen LogP contribution >= 0.6 is 0 Å². The average Bonchev–Trinajstić information content (AvgIpc) is 2.73. The lowest BCUT2D eigenvalue weighted by molar-refractivity contribution is 0.0505. The lowest BCUT2D eigenvalue weighted by atomic mass is 10.1. The maximum Gasteiger partial charge on any atom is 0.410 e.